The molecule has 0 unspecified atom stereocenters. The number of nitrogens with zero attached hydrogens (tertiary/aromatic N) is 3. The van der Waals surface area contributed by atoms with Crippen LogP contribution in [0.4, 0.5) is 11.4 Å². The summed E-state index contributed by atoms with van der Waals surface area (Å²) in [6.45, 7) is 4.99. The zero-order valence-electron chi connectivity index (χ0n) is 16.1. The molecule has 1 fully saturated rings. The Kier molecular flexibility index (Phi) is 6.59. The maximum Gasteiger partial charge on any atom is 0.266 e. The lowest BCUT2D eigenvalue weighted by atomic mass is 10.1. The molecule has 2 aromatic heterocycles. The molecule has 0 atom stereocenters. The minimum Gasteiger partial charge on any atom is -0.367 e. The number of piperazine rings is 1. The summed E-state index contributed by atoms with van der Waals surface area (Å²) in [5, 5.41) is 5.00. The molecule has 0 bridgehead atoms. The molecule has 29 heavy (non-hydrogen) atoms. The monoisotopic (exact) mass is 470 g/mol. The first-order valence-electron chi connectivity index (χ1n) is 9.70. The second-order valence-corrected chi connectivity index (χ2v) is 8.77. The van der Waals surface area contributed by atoms with E-state index in [0.29, 0.717) is 4.88 Å². The quantitative estimate of drug-likeness (QED) is 0.575. The molecule has 3 heterocycles. The van der Waals surface area contributed by atoms with Crippen molar-refractivity contribution in [3.8, 4) is 0 Å². The third-order valence-corrected chi connectivity index (χ3v) is 6.99. The van der Waals surface area contributed by atoms with E-state index in [1.807, 2.05) is 42.0 Å². The Labute approximate surface area is 183 Å². The van der Waals surface area contributed by atoms with E-state index < -0.39 is 0 Å². The van der Waals surface area contributed by atoms with Gasteiger partial charge < -0.3 is 10.2 Å². The van der Waals surface area contributed by atoms with Gasteiger partial charge in [0, 0.05) is 49.6 Å². The van der Waals surface area contributed by atoms with Gasteiger partial charge in [0.15, 0.2) is 0 Å². The van der Waals surface area contributed by atoms with E-state index >= 15 is 0 Å². The molecular weight excluding hydrogens is 448 g/mol. The first kappa shape index (κ1) is 20.1. The van der Waals surface area contributed by atoms with Crippen LogP contribution in [0, 0.1) is 0 Å². The lowest BCUT2D eigenvalue weighted by Gasteiger charge is -2.37. The van der Waals surface area contributed by atoms with Crippen molar-refractivity contribution in [1.29, 1.82) is 0 Å². The highest BCUT2D eigenvalue weighted by Gasteiger charge is 2.20. The molecule has 1 amide bonds. The zero-order chi connectivity index (χ0) is 20.1. The molecule has 1 aromatic carbocycles. The predicted molar refractivity (Wildman–Crippen MR) is 123 cm³/mol. The Bertz CT molecular complexity index is 954. The molecule has 0 saturated carbocycles. The summed E-state index contributed by atoms with van der Waals surface area (Å²) in [5.74, 6) is -0.0738. The van der Waals surface area contributed by atoms with Crippen molar-refractivity contribution in [3.05, 3.63) is 75.2 Å². The molecule has 7 heteroatoms. The molecule has 150 valence electrons. The van der Waals surface area contributed by atoms with E-state index in [0.717, 1.165) is 55.0 Å². The number of hydrogen-bond acceptors (Lipinski definition) is 5. The number of nitrogens with one attached hydrogen (secondary N) is 1. The van der Waals surface area contributed by atoms with Gasteiger partial charge >= 0.3 is 0 Å². The van der Waals surface area contributed by atoms with Gasteiger partial charge in [0.25, 0.3) is 5.91 Å². The van der Waals surface area contributed by atoms with Crippen LogP contribution in [0.1, 0.15) is 15.2 Å². The normalized spacial score (nSPS) is 14.7. The fourth-order valence-corrected chi connectivity index (χ4v) is 4.99. The summed E-state index contributed by atoms with van der Waals surface area (Å²) < 4.78 is 0.834. The van der Waals surface area contributed by atoms with Crippen LogP contribution >= 0.6 is 27.3 Å². The van der Waals surface area contributed by atoms with Gasteiger partial charge in [-0.2, -0.15) is 0 Å². The molecule has 0 spiro atoms. The number of pyridine rings is 1. The summed E-state index contributed by atoms with van der Waals surface area (Å²) in [4.78, 5) is 22.3. The summed E-state index contributed by atoms with van der Waals surface area (Å²) in [6.07, 6.45) is 4.76. The van der Waals surface area contributed by atoms with Crippen molar-refractivity contribution in [2.75, 3.05) is 42.9 Å². The Morgan fingerprint density at radius 3 is 2.55 bits per heavy atom. The number of hydrogen-bond donors (Lipinski definition) is 1. The molecule has 1 saturated heterocycles. The van der Waals surface area contributed by atoms with E-state index in [2.05, 4.69) is 54.2 Å². The van der Waals surface area contributed by atoms with Crippen LogP contribution in [-0.2, 0) is 6.42 Å². The highest BCUT2D eigenvalue weighted by atomic mass is 79.9. The zero-order valence-corrected chi connectivity index (χ0v) is 18.5. The van der Waals surface area contributed by atoms with E-state index in [-0.39, 0.29) is 5.91 Å². The van der Waals surface area contributed by atoms with Crippen molar-refractivity contribution >= 4 is 44.5 Å². The fourth-order valence-electron chi connectivity index (χ4n) is 3.54. The van der Waals surface area contributed by atoms with Gasteiger partial charge in [0.2, 0.25) is 0 Å². The first-order valence-corrected chi connectivity index (χ1v) is 11.4. The molecule has 1 N–H and O–H groups in total. The van der Waals surface area contributed by atoms with Crippen molar-refractivity contribution in [2.45, 2.75) is 6.42 Å². The Balaban J connectivity index is 1.36. The number of anilines is 2. The van der Waals surface area contributed by atoms with Crippen LogP contribution in [0.5, 0.6) is 0 Å². The summed E-state index contributed by atoms with van der Waals surface area (Å²) >= 11 is 4.88. The summed E-state index contributed by atoms with van der Waals surface area (Å²) in [7, 11) is 0. The lowest BCUT2D eigenvalue weighted by Crippen LogP contribution is -2.47. The van der Waals surface area contributed by atoms with Gasteiger partial charge in [-0.05, 0) is 63.6 Å². The van der Waals surface area contributed by atoms with E-state index in [4.69, 9.17) is 0 Å². The number of para-hydroxylation sites is 2. The molecule has 3 aromatic rings. The number of halogens is 1. The largest absolute Gasteiger partial charge is 0.367 e. The third kappa shape index (κ3) is 5.04. The van der Waals surface area contributed by atoms with Crippen molar-refractivity contribution in [2.24, 2.45) is 0 Å². The van der Waals surface area contributed by atoms with Gasteiger partial charge in [-0.1, -0.05) is 12.1 Å². The minimum atomic E-state index is -0.0738. The number of aromatic nitrogens is 1. The maximum atomic E-state index is 12.6. The Morgan fingerprint density at radius 1 is 1.07 bits per heavy atom. The molecular formula is C22H23BrN4OS. The third-order valence-electron chi connectivity index (χ3n) is 5.15. The molecule has 1 aliphatic heterocycles. The number of thiophene rings is 1. The Morgan fingerprint density at radius 2 is 1.83 bits per heavy atom. The smallest absolute Gasteiger partial charge is 0.266 e. The van der Waals surface area contributed by atoms with Crippen molar-refractivity contribution in [1.82, 2.24) is 9.88 Å². The van der Waals surface area contributed by atoms with Crippen LogP contribution in [0.2, 0.25) is 0 Å². The number of rotatable bonds is 6. The molecule has 4 rings (SSSR count). The van der Waals surface area contributed by atoms with E-state index in [9.17, 15) is 4.79 Å². The average Bonchev–Trinajstić information content (AvgIpc) is 3.20. The highest BCUT2D eigenvalue weighted by molar-refractivity contribution is 9.10. The van der Waals surface area contributed by atoms with Crippen molar-refractivity contribution < 1.29 is 4.79 Å². The summed E-state index contributed by atoms with van der Waals surface area (Å²) in [6, 6.07) is 14.1. The number of carbonyl (C=O) groups is 1. The molecule has 0 radical (unpaired) electrons. The fraction of sp³-hybridized carbons (Fsp3) is 0.273. The Hall–Kier alpha value is -2.22. The van der Waals surface area contributed by atoms with Gasteiger partial charge in [-0.15, -0.1) is 11.3 Å². The van der Waals surface area contributed by atoms with Crippen LogP contribution in [0.25, 0.3) is 0 Å². The van der Waals surface area contributed by atoms with Gasteiger partial charge in [-0.3, -0.25) is 14.7 Å². The molecule has 5 nitrogen and oxygen atoms in total. The van der Waals surface area contributed by atoms with Crippen LogP contribution < -0.4 is 10.2 Å². The van der Waals surface area contributed by atoms with Crippen LogP contribution in [0.3, 0.4) is 0 Å². The maximum absolute atomic E-state index is 12.6. The standard InChI is InChI=1S/C22H23BrN4OS/c23-18-8-16-29-21(18)22(28)25-19-3-1-2-4-20(19)27-14-12-26(13-15-27)11-7-17-5-9-24-10-6-17/h1-6,8-10,16H,7,11-15H2,(H,25,28). The first-order chi connectivity index (χ1) is 14.2. The number of carbonyl (C=O) groups excluding carboxylic acids is 1. The number of amides is 1. The van der Waals surface area contributed by atoms with E-state index in [1.54, 1.807) is 0 Å². The van der Waals surface area contributed by atoms with Crippen LogP contribution in [0.15, 0.2) is 64.7 Å². The van der Waals surface area contributed by atoms with Crippen molar-refractivity contribution in [3.63, 3.8) is 0 Å². The summed E-state index contributed by atoms with van der Waals surface area (Å²) in [5.41, 5.74) is 3.28. The molecule has 1 aliphatic rings. The van der Waals surface area contributed by atoms with Gasteiger partial charge in [0.05, 0.1) is 11.4 Å². The minimum absolute atomic E-state index is 0.0738. The van der Waals surface area contributed by atoms with Crippen LogP contribution in [-0.4, -0.2) is 48.5 Å². The second kappa shape index (κ2) is 9.52. The topological polar surface area (TPSA) is 48.5 Å². The SMILES string of the molecule is O=C(Nc1ccccc1N1CCN(CCc2ccncc2)CC1)c1sccc1Br. The number of benzene rings is 1. The average molecular weight is 471 g/mol. The van der Waals surface area contributed by atoms with Gasteiger partial charge in [-0.25, -0.2) is 0 Å². The lowest BCUT2D eigenvalue weighted by molar-refractivity contribution is 0.103. The predicted octanol–water partition coefficient (Wildman–Crippen LogP) is 4.52. The second-order valence-electron chi connectivity index (χ2n) is 7.00. The van der Waals surface area contributed by atoms with E-state index in [1.165, 1.54) is 16.9 Å². The highest BCUT2D eigenvalue weighted by Crippen LogP contribution is 2.29. The molecule has 0 aliphatic carbocycles. The van der Waals surface area contributed by atoms with Gasteiger partial charge in [0.1, 0.15) is 4.88 Å².